The second kappa shape index (κ2) is 2.37. The van der Waals surface area contributed by atoms with Gasteiger partial charge in [-0.05, 0) is 19.9 Å². The van der Waals surface area contributed by atoms with E-state index in [2.05, 4.69) is 23.9 Å². The summed E-state index contributed by atoms with van der Waals surface area (Å²) in [6, 6.07) is 0.441. The summed E-state index contributed by atoms with van der Waals surface area (Å²) in [7, 11) is 1.95. The van der Waals surface area contributed by atoms with Gasteiger partial charge in [0.15, 0.2) is 0 Å². The molecule has 0 radical (unpaired) electrons. The largest absolute Gasteiger partial charge is 0.311 e. The molecule has 1 aliphatic heterocycles. The molecule has 0 saturated carbocycles. The zero-order valence-corrected chi connectivity index (χ0v) is 6.10. The molecule has 0 amide bonds. The topological polar surface area (TPSA) is 27.3 Å². The average Bonchev–Trinajstić information content (AvgIpc) is 1.59. The summed E-state index contributed by atoms with van der Waals surface area (Å²) < 4.78 is 0. The van der Waals surface area contributed by atoms with Gasteiger partial charge in [0.25, 0.3) is 0 Å². The summed E-state index contributed by atoms with van der Waals surface area (Å²) in [4.78, 5) is 0. The maximum atomic E-state index is 3.16. The van der Waals surface area contributed by atoms with E-state index in [1.807, 2.05) is 19.1 Å². The molecular formula is C6H13N3. The fourth-order valence-corrected chi connectivity index (χ4v) is 1.05. The number of hydrogen-bond acceptors (Lipinski definition) is 3. The highest BCUT2D eigenvalue weighted by Gasteiger charge is 2.07. The van der Waals surface area contributed by atoms with Crippen LogP contribution in [0.2, 0.25) is 0 Å². The van der Waals surface area contributed by atoms with Gasteiger partial charge >= 0.3 is 0 Å². The number of nitrogens with one attached hydrogen (secondary N) is 2. The standard InChI is InChI=1S/C6H13N3/c1-5-4-6(2)8-9(3)7-5/h4-5,7-8H,1-3H3. The normalized spacial score (nSPS) is 29.2. The first-order valence-electron chi connectivity index (χ1n) is 3.13. The molecule has 0 aromatic heterocycles. The first-order chi connectivity index (χ1) is 4.18. The highest BCUT2D eigenvalue weighted by Crippen LogP contribution is 1.97. The summed E-state index contributed by atoms with van der Waals surface area (Å²) in [5.74, 6) is 0. The van der Waals surface area contributed by atoms with Crippen LogP contribution in [0.1, 0.15) is 13.8 Å². The van der Waals surface area contributed by atoms with E-state index in [1.54, 1.807) is 0 Å². The molecule has 1 unspecified atom stereocenters. The predicted molar refractivity (Wildman–Crippen MR) is 37.3 cm³/mol. The minimum absolute atomic E-state index is 0.441. The van der Waals surface area contributed by atoms with Crippen LogP contribution in [-0.4, -0.2) is 18.2 Å². The van der Waals surface area contributed by atoms with Gasteiger partial charge < -0.3 is 5.43 Å². The molecule has 3 nitrogen and oxygen atoms in total. The van der Waals surface area contributed by atoms with Gasteiger partial charge in [0.05, 0.1) is 0 Å². The molecule has 52 valence electrons. The second-order valence-corrected chi connectivity index (χ2v) is 2.44. The monoisotopic (exact) mass is 127 g/mol. The van der Waals surface area contributed by atoms with Gasteiger partial charge in [-0.2, -0.15) is 5.12 Å². The van der Waals surface area contributed by atoms with Crippen molar-refractivity contribution in [1.82, 2.24) is 16.0 Å². The molecule has 1 aliphatic rings. The van der Waals surface area contributed by atoms with Crippen LogP contribution in [0.25, 0.3) is 0 Å². The van der Waals surface area contributed by atoms with Gasteiger partial charge in [0.2, 0.25) is 0 Å². The van der Waals surface area contributed by atoms with E-state index < -0.39 is 0 Å². The molecule has 2 N–H and O–H groups in total. The first-order valence-corrected chi connectivity index (χ1v) is 3.13. The molecule has 9 heavy (non-hydrogen) atoms. The van der Waals surface area contributed by atoms with Crippen molar-refractivity contribution in [1.29, 1.82) is 0 Å². The van der Waals surface area contributed by atoms with Crippen molar-refractivity contribution in [2.45, 2.75) is 19.9 Å². The fourth-order valence-electron chi connectivity index (χ4n) is 1.05. The number of hydrazine groups is 2. The Morgan fingerprint density at radius 3 is 2.78 bits per heavy atom. The third-order valence-electron chi connectivity index (χ3n) is 1.24. The Kier molecular flexibility index (Phi) is 1.73. The maximum Gasteiger partial charge on any atom is 0.0404 e. The van der Waals surface area contributed by atoms with Crippen LogP contribution >= 0.6 is 0 Å². The van der Waals surface area contributed by atoms with E-state index >= 15 is 0 Å². The summed E-state index contributed by atoms with van der Waals surface area (Å²) >= 11 is 0. The van der Waals surface area contributed by atoms with Crippen LogP contribution < -0.4 is 10.9 Å². The summed E-state index contributed by atoms with van der Waals surface area (Å²) in [5.41, 5.74) is 7.45. The van der Waals surface area contributed by atoms with Crippen molar-refractivity contribution >= 4 is 0 Å². The van der Waals surface area contributed by atoms with E-state index in [-0.39, 0.29) is 0 Å². The van der Waals surface area contributed by atoms with Gasteiger partial charge in [-0.1, -0.05) is 0 Å². The Morgan fingerprint density at radius 1 is 1.67 bits per heavy atom. The lowest BCUT2D eigenvalue weighted by atomic mass is 10.3. The van der Waals surface area contributed by atoms with Crippen LogP contribution in [0.3, 0.4) is 0 Å². The first kappa shape index (κ1) is 6.58. The van der Waals surface area contributed by atoms with Gasteiger partial charge in [-0.25, -0.2) is 5.43 Å². The SMILES string of the molecule is CC1=CC(C)NN(C)N1. The van der Waals surface area contributed by atoms with Crippen molar-refractivity contribution in [2.75, 3.05) is 7.05 Å². The summed E-state index contributed by atoms with van der Waals surface area (Å²) in [6.45, 7) is 4.16. The van der Waals surface area contributed by atoms with Gasteiger partial charge in [-0.15, -0.1) is 0 Å². The number of rotatable bonds is 0. The Balaban J connectivity index is 2.56. The molecule has 1 atom stereocenters. The molecule has 1 rings (SSSR count). The summed E-state index contributed by atoms with van der Waals surface area (Å²) in [6.07, 6.45) is 2.14. The third-order valence-corrected chi connectivity index (χ3v) is 1.24. The Labute approximate surface area is 55.7 Å². The van der Waals surface area contributed by atoms with Crippen LogP contribution in [0.4, 0.5) is 0 Å². The van der Waals surface area contributed by atoms with Crippen LogP contribution in [0.5, 0.6) is 0 Å². The van der Waals surface area contributed by atoms with E-state index in [4.69, 9.17) is 0 Å². The molecule has 0 bridgehead atoms. The van der Waals surface area contributed by atoms with E-state index in [0.29, 0.717) is 6.04 Å². The van der Waals surface area contributed by atoms with E-state index in [9.17, 15) is 0 Å². The number of nitrogens with zero attached hydrogens (tertiary/aromatic N) is 1. The molecule has 0 aromatic rings. The fraction of sp³-hybridized carbons (Fsp3) is 0.667. The smallest absolute Gasteiger partial charge is 0.0404 e. The quantitative estimate of drug-likeness (QED) is 0.488. The Morgan fingerprint density at radius 2 is 2.33 bits per heavy atom. The van der Waals surface area contributed by atoms with Crippen molar-refractivity contribution < 1.29 is 0 Å². The molecule has 1 heterocycles. The zero-order valence-electron chi connectivity index (χ0n) is 6.10. The highest BCUT2D eigenvalue weighted by atomic mass is 15.7. The van der Waals surface area contributed by atoms with Gasteiger partial charge in [-0.3, -0.25) is 0 Å². The van der Waals surface area contributed by atoms with Crippen LogP contribution in [0.15, 0.2) is 11.8 Å². The third kappa shape index (κ3) is 1.69. The molecule has 0 saturated heterocycles. The minimum atomic E-state index is 0.441. The van der Waals surface area contributed by atoms with Crippen molar-refractivity contribution in [2.24, 2.45) is 0 Å². The summed E-state index contributed by atoms with van der Waals surface area (Å²) in [5, 5.41) is 1.86. The lowest BCUT2D eigenvalue weighted by Gasteiger charge is -2.28. The molecule has 0 spiro atoms. The zero-order chi connectivity index (χ0) is 6.85. The molecular weight excluding hydrogens is 114 g/mol. The van der Waals surface area contributed by atoms with Crippen LogP contribution in [-0.2, 0) is 0 Å². The molecule has 0 fully saturated rings. The second-order valence-electron chi connectivity index (χ2n) is 2.44. The number of allylic oxidation sites excluding steroid dienone is 1. The highest BCUT2D eigenvalue weighted by molar-refractivity contribution is 5.02. The van der Waals surface area contributed by atoms with Crippen LogP contribution in [0, 0.1) is 0 Å². The van der Waals surface area contributed by atoms with Crippen molar-refractivity contribution in [3.8, 4) is 0 Å². The van der Waals surface area contributed by atoms with E-state index in [0.717, 1.165) is 0 Å². The van der Waals surface area contributed by atoms with E-state index in [1.165, 1.54) is 5.70 Å². The van der Waals surface area contributed by atoms with Crippen molar-refractivity contribution in [3.05, 3.63) is 11.8 Å². The van der Waals surface area contributed by atoms with Gasteiger partial charge in [0, 0.05) is 18.8 Å². The lowest BCUT2D eigenvalue weighted by molar-refractivity contribution is 0.148. The minimum Gasteiger partial charge on any atom is -0.311 e. The molecule has 0 aromatic carbocycles. The average molecular weight is 127 g/mol. The number of hydrogen-bond donors (Lipinski definition) is 2. The van der Waals surface area contributed by atoms with Crippen molar-refractivity contribution in [3.63, 3.8) is 0 Å². The molecule has 0 aliphatic carbocycles. The maximum absolute atomic E-state index is 3.16. The lowest BCUT2D eigenvalue weighted by Crippen LogP contribution is -2.51. The predicted octanol–water partition coefficient (Wildman–Crippen LogP) is 0.233. The Bertz CT molecular complexity index is 130. The Hall–Kier alpha value is -0.540. The van der Waals surface area contributed by atoms with Gasteiger partial charge in [0.1, 0.15) is 0 Å². The molecule has 3 heteroatoms.